The number of hydrogen-bond acceptors (Lipinski definition) is 10. The normalized spacial score (nSPS) is 13.5. The van der Waals surface area contributed by atoms with Crippen molar-refractivity contribution in [3.8, 4) is 22.1 Å². The molecule has 2 heterocycles. The Labute approximate surface area is 230 Å². The SMILES string of the molecule is COc1cc(C=NNC(=O)CSc2nnc(-c3ccccc3)s2)cc(Br)c1OCC(=O)N1CCOCC1. The fourth-order valence-electron chi connectivity index (χ4n) is 3.30. The lowest BCUT2D eigenvalue weighted by Gasteiger charge is -2.26. The summed E-state index contributed by atoms with van der Waals surface area (Å²) in [6.45, 7) is 2.04. The van der Waals surface area contributed by atoms with E-state index in [4.69, 9.17) is 14.2 Å². The van der Waals surface area contributed by atoms with Crippen LogP contribution in [0.5, 0.6) is 11.5 Å². The number of ether oxygens (including phenoxy) is 3. The number of methoxy groups -OCH3 is 1. The lowest BCUT2D eigenvalue weighted by atomic mass is 10.2. The minimum Gasteiger partial charge on any atom is -0.493 e. The van der Waals surface area contributed by atoms with Crippen LogP contribution in [0.2, 0.25) is 0 Å². The van der Waals surface area contributed by atoms with Crippen LogP contribution in [0.25, 0.3) is 10.6 Å². The van der Waals surface area contributed by atoms with Crippen LogP contribution in [0, 0.1) is 0 Å². The standard InChI is InChI=1S/C24H24BrN5O5S2/c1-33-19-12-16(11-18(25)22(19)35-14-21(32)30-7-9-34-10-8-30)13-26-27-20(31)15-36-24-29-28-23(37-24)17-5-3-2-4-6-17/h2-6,11-13H,7-10,14-15H2,1H3,(H,27,31). The van der Waals surface area contributed by atoms with Crippen LogP contribution in [0.1, 0.15) is 5.56 Å². The first kappa shape index (κ1) is 27.0. The number of rotatable bonds is 10. The second kappa shape index (κ2) is 13.5. The van der Waals surface area contributed by atoms with Crippen LogP contribution in [0.3, 0.4) is 0 Å². The Morgan fingerprint density at radius 1 is 1.24 bits per heavy atom. The first-order valence-corrected chi connectivity index (χ1v) is 13.8. The van der Waals surface area contributed by atoms with E-state index in [0.717, 1.165) is 10.6 Å². The molecule has 0 saturated carbocycles. The molecule has 37 heavy (non-hydrogen) atoms. The Bertz CT molecular complexity index is 1250. The highest BCUT2D eigenvalue weighted by atomic mass is 79.9. The van der Waals surface area contributed by atoms with Gasteiger partial charge in [0.1, 0.15) is 5.01 Å². The molecule has 0 radical (unpaired) electrons. The number of hydrazone groups is 1. The van der Waals surface area contributed by atoms with Gasteiger partial charge in [0.15, 0.2) is 22.4 Å². The van der Waals surface area contributed by atoms with Gasteiger partial charge in [0.05, 0.1) is 36.8 Å². The van der Waals surface area contributed by atoms with E-state index in [0.29, 0.717) is 52.2 Å². The fraction of sp³-hybridized carbons (Fsp3) is 0.292. The summed E-state index contributed by atoms with van der Waals surface area (Å²) in [5, 5.41) is 13.1. The van der Waals surface area contributed by atoms with E-state index in [9.17, 15) is 9.59 Å². The number of halogens is 1. The smallest absolute Gasteiger partial charge is 0.260 e. The molecule has 2 amide bonds. The Morgan fingerprint density at radius 3 is 2.78 bits per heavy atom. The highest BCUT2D eigenvalue weighted by Gasteiger charge is 2.19. The monoisotopic (exact) mass is 605 g/mol. The summed E-state index contributed by atoms with van der Waals surface area (Å²) in [7, 11) is 1.51. The van der Waals surface area contributed by atoms with Gasteiger partial charge in [-0.3, -0.25) is 9.59 Å². The molecule has 194 valence electrons. The number of carbonyl (C=O) groups excluding carboxylic acids is 2. The maximum absolute atomic E-state index is 12.4. The number of aromatic nitrogens is 2. The van der Waals surface area contributed by atoms with Gasteiger partial charge in [-0.2, -0.15) is 5.10 Å². The Morgan fingerprint density at radius 2 is 2.03 bits per heavy atom. The van der Waals surface area contributed by atoms with Crippen molar-refractivity contribution in [1.82, 2.24) is 20.5 Å². The zero-order chi connectivity index (χ0) is 26.0. The number of benzene rings is 2. The first-order chi connectivity index (χ1) is 18.0. The summed E-state index contributed by atoms with van der Waals surface area (Å²) in [6, 6.07) is 13.2. The molecule has 10 nitrogen and oxygen atoms in total. The third-order valence-electron chi connectivity index (χ3n) is 5.11. The van der Waals surface area contributed by atoms with Crippen molar-refractivity contribution in [1.29, 1.82) is 0 Å². The molecule has 0 unspecified atom stereocenters. The van der Waals surface area contributed by atoms with Crippen molar-refractivity contribution in [3.05, 3.63) is 52.5 Å². The summed E-state index contributed by atoms with van der Waals surface area (Å²) in [5.74, 6) is 0.600. The van der Waals surface area contributed by atoms with Crippen molar-refractivity contribution >= 4 is 57.1 Å². The van der Waals surface area contributed by atoms with Crippen molar-refractivity contribution < 1.29 is 23.8 Å². The van der Waals surface area contributed by atoms with Gasteiger partial charge in [0.2, 0.25) is 0 Å². The first-order valence-electron chi connectivity index (χ1n) is 11.2. The van der Waals surface area contributed by atoms with Crippen LogP contribution >= 0.6 is 39.0 Å². The molecule has 1 saturated heterocycles. The summed E-state index contributed by atoms with van der Waals surface area (Å²) in [6.07, 6.45) is 1.50. The lowest BCUT2D eigenvalue weighted by Crippen LogP contribution is -2.43. The maximum Gasteiger partial charge on any atom is 0.260 e. The molecule has 4 rings (SSSR count). The Balaban J connectivity index is 1.27. The number of thioether (sulfide) groups is 1. The van der Waals surface area contributed by atoms with Gasteiger partial charge < -0.3 is 19.1 Å². The number of nitrogens with one attached hydrogen (secondary N) is 1. The third kappa shape index (κ3) is 7.74. The number of hydrogen-bond donors (Lipinski definition) is 1. The predicted octanol–water partition coefficient (Wildman–Crippen LogP) is 3.46. The van der Waals surface area contributed by atoms with Crippen molar-refractivity contribution in [2.45, 2.75) is 4.34 Å². The van der Waals surface area contributed by atoms with Gasteiger partial charge in [-0.15, -0.1) is 10.2 Å². The molecule has 0 spiro atoms. The van der Waals surface area contributed by atoms with E-state index >= 15 is 0 Å². The Hall–Kier alpha value is -3.00. The van der Waals surface area contributed by atoms with Crippen molar-refractivity contribution in [3.63, 3.8) is 0 Å². The van der Waals surface area contributed by atoms with Crippen molar-refractivity contribution in [2.24, 2.45) is 5.10 Å². The number of morpholine rings is 1. The van der Waals surface area contributed by atoms with E-state index in [1.54, 1.807) is 17.0 Å². The quantitative estimate of drug-likeness (QED) is 0.212. The number of carbonyl (C=O) groups is 2. The molecular weight excluding hydrogens is 582 g/mol. The molecule has 1 aliphatic rings. The molecule has 0 atom stereocenters. The lowest BCUT2D eigenvalue weighted by molar-refractivity contribution is -0.137. The molecule has 13 heteroatoms. The summed E-state index contributed by atoms with van der Waals surface area (Å²) in [4.78, 5) is 26.3. The van der Waals surface area contributed by atoms with Crippen LogP contribution in [-0.2, 0) is 14.3 Å². The van der Waals surface area contributed by atoms with Crippen LogP contribution in [0.4, 0.5) is 0 Å². The van der Waals surface area contributed by atoms with E-state index in [1.165, 1.54) is 36.4 Å². The molecule has 0 bridgehead atoms. The second-order valence-corrected chi connectivity index (χ2v) is 10.7. The molecule has 1 fully saturated rings. The predicted molar refractivity (Wildman–Crippen MR) is 145 cm³/mol. The van der Waals surface area contributed by atoms with E-state index < -0.39 is 0 Å². The number of amides is 2. The van der Waals surface area contributed by atoms with E-state index in [-0.39, 0.29) is 24.2 Å². The summed E-state index contributed by atoms with van der Waals surface area (Å²) in [5.41, 5.74) is 4.16. The minimum atomic E-state index is -0.273. The summed E-state index contributed by atoms with van der Waals surface area (Å²) >= 11 is 6.19. The molecule has 0 aliphatic carbocycles. The van der Waals surface area contributed by atoms with Gasteiger partial charge in [-0.25, -0.2) is 5.43 Å². The average molecular weight is 607 g/mol. The molecule has 3 aromatic rings. The van der Waals surface area contributed by atoms with Crippen molar-refractivity contribution in [2.75, 3.05) is 45.8 Å². The zero-order valence-corrected chi connectivity index (χ0v) is 23.1. The molecule has 1 N–H and O–H groups in total. The fourth-order valence-corrected chi connectivity index (χ4v) is 5.52. The van der Waals surface area contributed by atoms with Gasteiger partial charge >= 0.3 is 0 Å². The molecular formula is C24H24BrN5O5S2. The van der Waals surface area contributed by atoms with Gasteiger partial charge in [0.25, 0.3) is 11.8 Å². The topological polar surface area (TPSA) is 115 Å². The second-order valence-electron chi connectivity index (χ2n) is 7.64. The van der Waals surface area contributed by atoms with E-state index in [2.05, 4.69) is 36.7 Å². The zero-order valence-electron chi connectivity index (χ0n) is 19.9. The maximum atomic E-state index is 12.4. The highest BCUT2D eigenvalue weighted by molar-refractivity contribution is 9.10. The Kier molecular flexibility index (Phi) is 9.88. The summed E-state index contributed by atoms with van der Waals surface area (Å²) < 4.78 is 17.7. The third-order valence-corrected chi connectivity index (χ3v) is 7.81. The van der Waals surface area contributed by atoms with Crippen LogP contribution in [0.15, 0.2) is 56.4 Å². The minimum absolute atomic E-state index is 0.114. The van der Waals surface area contributed by atoms with Crippen LogP contribution in [-0.4, -0.2) is 78.9 Å². The van der Waals surface area contributed by atoms with Crippen LogP contribution < -0.4 is 14.9 Å². The van der Waals surface area contributed by atoms with Gasteiger partial charge in [-0.05, 0) is 33.6 Å². The van der Waals surface area contributed by atoms with E-state index in [1.807, 2.05) is 30.3 Å². The highest BCUT2D eigenvalue weighted by Crippen LogP contribution is 2.36. The molecule has 1 aromatic heterocycles. The largest absolute Gasteiger partial charge is 0.493 e. The molecule has 2 aromatic carbocycles. The number of nitrogens with zero attached hydrogens (tertiary/aromatic N) is 4. The van der Waals surface area contributed by atoms with Gasteiger partial charge in [0, 0.05) is 18.7 Å². The average Bonchev–Trinajstić information content (AvgIpc) is 3.41. The van der Waals surface area contributed by atoms with Gasteiger partial charge in [-0.1, -0.05) is 53.4 Å². The molecule has 1 aliphatic heterocycles.